The highest BCUT2D eigenvalue weighted by atomic mass is 35.5. The van der Waals surface area contributed by atoms with Crippen LogP contribution >= 0.6 is 11.6 Å². The molecule has 0 saturated carbocycles. The van der Waals surface area contributed by atoms with E-state index in [9.17, 15) is 14.9 Å². The molecule has 3 rings (SSSR count). The van der Waals surface area contributed by atoms with Crippen LogP contribution in [0.3, 0.4) is 0 Å². The van der Waals surface area contributed by atoms with E-state index in [1.54, 1.807) is 12.3 Å². The smallest absolute Gasteiger partial charge is 0.406 e. The van der Waals surface area contributed by atoms with Crippen LogP contribution < -0.4 is 5.32 Å². The summed E-state index contributed by atoms with van der Waals surface area (Å²) < 4.78 is 4.53. The number of pyridine rings is 1. The highest BCUT2D eigenvalue weighted by Gasteiger charge is 2.39. The number of ether oxygens (including phenoxy) is 1. The summed E-state index contributed by atoms with van der Waals surface area (Å²) in [6.07, 6.45) is 1.17. The summed E-state index contributed by atoms with van der Waals surface area (Å²) in [7, 11) is 1.30. The second-order valence-electron chi connectivity index (χ2n) is 6.31. The second kappa shape index (κ2) is 8.40. The first-order valence-electron chi connectivity index (χ1n) is 8.50. The number of hydrogen-bond acceptors (Lipinski definition) is 8. The van der Waals surface area contributed by atoms with E-state index in [0.29, 0.717) is 50.4 Å². The van der Waals surface area contributed by atoms with E-state index in [0.717, 1.165) is 5.56 Å². The van der Waals surface area contributed by atoms with Crippen molar-refractivity contribution in [3.8, 4) is 0 Å². The summed E-state index contributed by atoms with van der Waals surface area (Å²) in [6.45, 7) is 3.59. The molecular weight excluding hydrogens is 376 g/mol. The van der Waals surface area contributed by atoms with Crippen molar-refractivity contribution in [1.29, 1.82) is 0 Å². The number of fused-ring (bicyclic) bond motifs is 1. The van der Waals surface area contributed by atoms with Gasteiger partial charge in [0.25, 0.3) is 5.70 Å². The minimum Gasteiger partial charge on any atom is -0.453 e. The molecule has 11 heteroatoms. The fourth-order valence-corrected chi connectivity index (χ4v) is 3.39. The van der Waals surface area contributed by atoms with E-state index in [1.807, 2.05) is 20.8 Å². The quantitative estimate of drug-likeness (QED) is 0.430. The van der Waals surface area contributed by atoms with Crippen LogP contribution in [0.2, 0.25) is 5.15 Å². The molecule has 0 bridgehead atoms. The lowest BCUT2D eigenvalue weighted by Crippen LogP contribution is -2.47. The van der Waals surface area contributed by atoms with Gasteiger partial charge >= 0.3 is 6.09 Å². The van der Waals surface area contributed by atoms with Gasteiger partial charge in [-0.15, -0.1) is 0 Å². The van der Waals surface area contributed by atoms with E-state index < -0.39 is 6.09 Å². The number of carbonyl (C=O) groups excluding carboxylic acids is 1. The van der Waals surface area contributed by atoms with Gasteiger partial charge < -0.3 is 19.9 Å². The second-order valence-corrected chi connectivity index (χ2v) is 6.70. The van der Waals surface area contributed by atoms with Crippen LogP contribution in [0, 0.1) is 10.1 Å². The molecule has 1 aromatic rings. The van der Waals surface area contributed by atoms with Gasteiger partial charge in [0, 0.05) is 38.9 Å². The van der Waals surface area contributed by atoms with Crippen LogP contribution in [0.15, 0.2) is 29.8 Å². The first-order chi connectivity index (χ1) is 13.0. The molecule has 0 radical (unpaired) electrons. The molecule has 2 aliphatic rings. The third-order valence-corrected chi connectivity index (χ3v) is 4.73. The standard InChI is InChI=1S/C16H21ClN6O4/c1-27-16(24)18-4-5-20-10-13(23(25)26)15-21(6-7-22(15)11-20)9-12-2-3-14(17)19-8-12/h2-3,8H,4-7,9-11H2,1H3,(H,18,24). The molecule has 146 valence electrons. The molecule has 0 aliphatic carbocycles. The van der Waals surface area contributed by atoms with Crippen molar-refractivity contribution in [3.05, 3.63) is 50.7 Å². The number of hydrogen-bond donors (Lipinski definition) is 1. The van der Waals surface area contributed by atoms with Gasteiger partial charge in [0.1, 0.15) is 5.15 Å². The number of nitrogens with one attached hydrogen (secondary N) is 1. The topological polar surface area (TPSA) is 104 Å². The minimum atomic E-state index is -0.512. The molecule has 2 aliphatic heterocycles. The molecule has 1 N–H and O–H groups in total. The van der Waals surface area contributed by atoms with E-state index in [2.05, 4.69) is 15.0 Å². The molecule has 0 spiro atoms. The van der Waals surface area contributed by atoms with Gasteiger partial charge in [0.2, 0.25) is 0 Å². The van der Waals surface area contributed by atoms with Gasteiger partial charge in [0.05, 0.1) is 25.2 Å². The fourth-order valence-electron chi connectivity index (χ4n) is 3.28. The lowest BCUT2D eigenvalue weighted by molar-refractivity contribution is -0.433. The number of nitrogens with zero attached hydrogens (tertiary/aromatic N) is 5. The Bertz CT molecular complexity index is 741. The summed E-state index contributed by atoms with van der Waals surface area (Å²) in [5, 5.41) is 14.7. The highest BCUT2D eigenvalue weighted by molar-refractivity contribution is 6.29. The van der Waals surface area contributed by atoms with Gasteiger partial charge in [-0.05, 0) is 11.6 Å². The summed E-state index contributed by atoms with van der Waals surface area (Å²) >= 11 is 5.82. The normalized spacial score (nSPS) is 17.1. The number of halogens is 1. The summed E-state index contributed by atoms with van der Waals surface area (Å²) in [6, 6.07) is 3.59. The van der Waals surface area contributed by atoms with Crippen LogP contribution in [0.4, 0.5) is 4.79 Å². The average molecular weight is 397 g/mol. The number of nitro groups is 1. The zero-order valence-electron chi connectivity index (χ0n) is 14.9. The SMILES string of the molecule is COC(=O)NCCN1CC([N+](=O)[O-])=C2N(Cc3ccc(Cl)nc3)CCN2C1. The molecule has 1 fully saturated rings. The third-order valence-electron chi connectivity index (χ3n) is 4.51. The monoisotopic (exact) mass is 396 g/mol. The van der Waals surface area contributed by atoms with Crippen LogP contribution in [-0.4, -0.2) is 77.2 Å². The van der Waals surface area contributed by atoms with Crippen molar-refractivity contribution in [2.75, 3.05) is 46.5 Å². The average Bonchev–Trinajstić information content (AvgIpc) is 3.05. The van der Waals surface area contributed by atoms with Gasteiger partial charge in [-0.3, -0.25) is 15.0 Å². The Balaban J connectivity index is 1.70. The number of rotatable bonds is 6. The summed E-state index contributed by atoms with van der Waals surface area (Å²) in [5.74, 6) is 0.659. The Morgan fingerprint density at radius 2 is 2.26 bits per heavy atom. The molecule has 0 aromatic carbocycles. The van der Waals surface area contributed by atoms with E-state index in [4.69, 9.17) is 11.6 Å². The Morgan fingerprint density at radius 3 is 2.93 bits per heavy atom. The molecule has 27 heavy (non-hydrogen) atoms. The number of carbonyl (C=O) groups is 1. The summed E-state index contributed by atoms with van der Waals surface area (Å²) in [4.78, 5) is 32.5. The zero-order chi connectivity index (χ0) is 19.4. The fraction of sp³-hybridized carbons (Fsp3) is 0.500. The van der Waals surface area contributed by atoms with Crippen LogP contribution in [0.25, 0.3) is 0 Å². The van der Waals surface area contributed by atoms with Gasteiger partial charge in [-0.1, -0.05) is 17.7 Å². The summed E-state index contributed by atoms with van der Waals surface area (Å²) in [5.41, 5.74) is 1.11. The predicted molar refractivity (Wildman–Crippen MR) is 97.2 cm³/mol. The molecule has 3 heterocycles. The van der Waals surface area contributed by atoms with Crippen molar-refractivity contribution in [2.45, 2.75) is 6.54 Å². The molecule has 0 unspecified atom stereocenters. The lowest BCUT2D eigenvalue weighted by atomic mass is 10.2. The van der Waals surface area contributed by atoms with Crippen LogP contribution in [0.1, 0.15) is 5.56 Å². The first-order valence-corrected chi connectivity index (χ1v) is 8.87. The molecule has 0 atom stereocenters. The highest BCUT2D eigenvalue weighted by Crippen LogP contribution is 2.28. The maximum absolute atomic E-state index is 11.7. The van der Waals surface area contributed by atoms with Crippen molar-refractivity contribution in [2.24, 2.45) is 0 Å². The third kappa shape index (κ3) is 4.58. The van der Waals surface area contributed by atoms with E-state index in [-0.39, 0.29) is 17.2 Å². The van der Waals surface area contributed by atoms with Gasteiger partial charge in [0.15, 0.2) is 5.82 Å². The lowest BCUT2D eigenvalue weighted by Gasteiger charge is -2.34. The number of amides is 1. The van der Waals surface area contributed by atoms with Crippen molar-refractivity contribution >= 4 is 17.7 Å². The van der Waals surface area contributed by atoms with Crippen molar-refractivity contribution in [1.82, 2.24) is 25.0 Å². The number of aromatic nitrogens is 1. The largest absolute Gasteiger partial charge is 0.453 e. The Hall–Kier alpha value is -2.59. The van der Waals surface area contributed by atoms with Crippen LogP contribution in [-0.2, 0) is 11.3 Å². The van der Waals surface area contributed by atoms with Crippen LogP contribution in [0.5, 0.6) is 0 Å². The van der Waals surface area contributed by atoms with Crippen molar-refractivity contribution in [3.63, 3.8) is 0 Å². The predicted octanol–water partition coefficient (Wildman–Crippen LogP) is 0.928. The van der Waals surface area contributed by atoms with E-state index >= 15 is 0 Å². The molecule has 1 amide bonds. The maximum atomic E-state index is 11.7. The molecular formula is C16H21ClN6O4. The molecule has 10 nitrogen and oxygen atoms in total. The number of alkyl carbamates (subject to hydrolysis) is 1. The van der Waals surface area contributed by atoms with Gasteiger partial charge in [-0.2, -0.15) is 0 Å². The zero-order valence-corrected chi connectivity index (χ0v) is 15.7. The number of methoxy groups -OCH3 is 1. The maximum Gasteiger partial charge on any atom is 0.406 e. The Labute approximate surface area is 161 Å². The minimum absolute atomic E-state index is 0.166. The van der Waals surface area contributed by atoms with E-state index in [1.165, 1.54) is 7.11 Å². The first kappa shape index (κ1) is 19.2. The molecule has 1 saturated heterocycles. The van der Waals surface area contributed by atoms with Gasteiger partial charge in [-0.25, -0.2) is 9.78 Å². The molecule has 1 aromatic heterocycles. The van der Waals surface area contributed by atoms with Crippen molar-refractivity contribution < 1.29 is 14.5 Å². The Kier molecular flexibility index (Phi) is 5.97. The Morgan fingerprint density at radius 1 is 1.44 bits per heavy atom.